The smallest absolute Gasteiger partial charge is 0.248 e. The van der Waals surface area contributed by atoms with E-state index in [4.69, 9.17) is 4.52 Å². The van der Waals surface area contributed by atoms with Crippen LogP contribution in [0.2, 0.25) is 0 Å². The second-order valence-electron chi connectivity index (χ2n) is 10.7. The molecule has 202 valence electrons. The molecule has 8 nitrogen and oxygen atoms in total. The minimum Gasteiger partial charge on any atom is -0.355 e. The van der Waals surface area contributed by atoms with Crippen LogP contribution in [0.1, 0.15) is 62.1 Å². The lowest BCUT2D eigenvalue weighted by atomic mass is 9.94. The molecule has 2 aromatic rings. The van der Waals surface area contributed by atoms with E-state index in [2.05, 4.69) is 31.0 Å². The van der Waals surface area contributed by atoms with Crippen LogP contribution in [0.5, 0.6) is 0 Å². The van der Waals surface area contributed by atoms with Gasteiger partial charge in [-0.1, -0.05) is 41.1 Å². The van der Waals surface area contributed by atoms with Gasteiger partial charge in [-0.2, -0.15) is 4.31 Å². The Morgan fingerprint density at radius 2 is 1.65 bits per heavy atom. The molecule has 0 atom stereocenters. The number of rotatable bonds is 7. The highest BCUT2D eigenvalue weighted by Crippen LogP contribution is 2.30. The first kappa shape index (κ1) is 27.5. The number of nitrogens with zero attached hydrogens (tertiary/aromatic N) is 4. The van der Waals surface area contributed by atoms with Gasteiger partial charge in [0.1, 0.15) is 5.69 Å². The third-order valence-corrected chi connectivity index (χ3v) is 9.96. The summed E-state index contributed by atoms with van der Waals surface area (Å²) >= 11 is 0. The molecular weight excluding hydrogens is 488 g/mol. The van der Waals surface area contributed by atoms with E-state index in [1.807, 2.05) is 42.2 Å². The summed E-state index contributed by atoms with van der Waals surface area (Å²) in [6.07, 6.45) is 6.52. The van der Waals surface area contributed by atoms with Crippen molar-refractivity contribution < 1.29 is 17.7 Å². The molecular formula is C28H40N4O4S. The van der Waals surface area contributed by atoms with Crippen LogP contribution in [-0.2, 0) is 14.8 Å². The third-order valence-electron chi connectivity index (χ3n) is 7.91. The molecule has 2 saturated heterocycles. The molecule has 3 heterocycles. The fourth-order valence-electron chi connectivity index (χ4n) is 5.29. The first-order valence-electron chi connectivity index (χ1n) is 13.3. The first-order chi connectivity index (χ1) is 17.6. The van der Waals surface area contributed by atoms with Crippen molar-refractivity contribution in [3.8, 4) is 0 Å². The van der Waals surface area contributed by atoms with Crippen LogP contribution in [0.25, 0.3) is 12.2 Å². The van der Waals surface area contributed by atoms with Gasteiger partial charge in [-0.15, -0.1) is 0 Å². The lowest BCUT2D eigenvalue weighted by molar-refractivity contribution is -0.138. The molecule has 0 unspecified atom stereocenters. The number of carbonyl (C=O) groups is 1. The Hall–Kier alpha value is -2.49. The highest BCUT2D eigenvalue weighted by Gasteiger charge is 2.37. The molecule has 0 radical (unpaired) electrons. The number of aromatic nitrogens is 1. The molecule has 1 aromatic carbocycles. The number of benzene rings is 1. The molecule has 2 aliphatic rings. The second-order valence-corrected chi connectivity index (χ2v) is 12.6. The maximum absolute atomic E-state index is 13.6. The van der Waals surface area contributed by atoms with E-state index in [9.17, 15) is 13.2 Å². The van der Waals surface area contributed by atoms with E-state index in [-0.39, 0.29) is 22.5 Å². The van der Waals surface area contributed by atoms with Gasteiger partial charge >= 0.3 is 0 Å². The van der Waals surface area contributed by atoms with Gasteiger partial charge in [-0.3, -0.25) is 4.79 Å². The lowest BCUT2D eigenvalue weighted by Crippen LogP contribution is -2.50. The maximum Gasteiger partial charge on any atom is 0.248 e. The molecule has 1 amide bonds. The molecule has 1 aromatic heterocycles. The molecule has 0 N–H and O–H groups in total. The monoisotopic (exact) mass is 528 g/mol. The number of hydrogen-bond acceptors (Lipinski definition) is 6. The highest BCUT2D eigenvalue weighted by atomic mass is 32.2. The number of carbonyl (C=O) groups excluding carboxylic acids is 1. The number of amides is 1. The van der Waals surface area contributed by atoms with Gasteiger partial charge in [0.05, 0.1) is 0 Å². The van der Waals surface area contributed by atoms with E-state index in [1.165, 1.54) is 4.31 Å². The van der Waals surface area contributed by atoms with Crippen LogP contribution in [0.15, 0.2) is 33.7 Å². The summed E-state index contributed by atoms with van der Waals surface area (Å²) in [7, 11) is -1.64. The summed E-state index contributed by atoms with van der Waals surface area (Å²) < 4.78 is 34.0. The van der Waals surface area contributed by atoms with Crippen molar-refractivity contribution in [1.29, 1.82) is 0 Å². The van der Waals surface area contributed by atoms with E-state index < -0.39 is 10.0 Å². The summed E-state index contributed by atoms with van der Waals surface area (Å²) in [6.45, 7) is 10.2. The summed E-state index contributed by atoms with van der Waals surface area (Å²) in [4.78, 5) is 17.7. The van der Waals surface area contributed by atoms with E-state index in [0.717, 1.165) is 37.1 Å². The van der Waals surface area contributed by atoms with Gasteiger partial charge in [0.25, 0.3) is 0 Å². The maximum atomic E-state index is 13.6. The summed E-state index contributed by atoms with van der Waals surface area (Å²) in [5.41, 5.74) is 2.44. The van der Waals surface area contributed by atoms with Gasteiger partial charge < -0.3 is 14.3 Å². The molecule has 0 aliphatic carbocycles. The second kappa shape index (κ2) is 11.5. The van der Waals surface area contributed by atoms with Crippen LogP contribution < -0.4 is 0 Å². The Balaban J connectivity index is 1.38. The number of likely N-dealkylation sites (tertiary alicyclic amines) is 1. The van der Waals surface area contributed by atoms with Crippen molar-refractivity contribution >= 4 is 28.1 Å². The Bertz CT molecular complexity index is 1200. The predicted octanol–water partition coefficient (Wildman–Crippen LogP) is 4.19. The zero-order valence-corrected chi connectivity index (χ0v) is 23.5. The zero-order chi connectivity index (χ0) is 26.7. The number of hydrogen-bond donors (Lipinski definition) is 0. The van der Waals surface area contributed by atoms with E-state index in [0.29, 0.717) is 43.7 Å². The minimum atomic E-state index is -3.79. The van der Waals surface area contributed by atoms with Crippen molar-refractivity contribution in [2.75, 3.05) is 33.2 Å². The van der Waals surface area contributed by atoms with Crippen LogP contribution in [0, 0.1) is 19.8 Å². The van der Waals surface area contributed by atoms with E-state index in [1.54, 1.807) is 13.0 Å². The predicted molar refractivity (Wildman–Crippen MR) is 145 cm³/mol. The summed E-state index contributed by atoms with van der Waals surface area (Å²) in [5.74, 6) is 0.270. The summed E-state index contributed by atoms with van der Waals surface area (Å²) in [6, 6.07) is 8.94. The fraction of sp³-hybridized carbons (Fsp3) is 0.571. The van der Waals surface area contributed by atoms with Crippen LogP contribution >= 0.6 is 0 Å². The Morgan fingerprint density at radius 3 is 2.24 bits per heavy atom. The largest absolute Gasteiger partial charge is 0.355 e. The zero-order valence-electron chi connectivity index (χ0n) is 22.7. The van der Waals surface area contributed by atoms with Crippen molar-refractivity contribution in [2.45, 2.75) is 70.4 Å². The average Bonchev–Trinajstić information content (AvgIpc) is 3.28. The SMILES string of the molecule is Cc1ccc(C=Cc2onc(C)c2S(=O)(=O)N2CCC(C(=O)N3CCC(N(C)C(C)C)CC3)CC2)cc1. The van der Waals surface area contributed by atoms with Crippen LogP contribution in [-0.4, -0.2) is 78.9 Å². The Morgan fingerprint density at radius 1 is 1.03 bits per heavy atom. The number of piperidine rings is 2. The van der Waals surface area contributed by atoms with Gasteiger partial charge in [0, 0.05) is 44.2 Å². The molecule has 2 fully saturated rings. The molecule has 4 rings (SSSR count). The quantitative estimate of drug-likeness (QED) is 0.536. The van der Waals surface area contributed by atoms with Crippen molar-refractivity contribution in [3.05, 3.63) is 46.8 Å². The van der Waals surface area contributed by atoms with Crippen molar-refractivity contribution in [1.82, 2.24) is 19.3 Å². The fourth-order valence-corrected chi connectivity index (χ4v) is 7.01. The number of aryl methyl sites for hydroxylation is 2. The third kappa shape index (κ3) is 6.16. The van der Waals surface area contributed by atoms with Crippen molar-refractivity contribution in [3.63, 3.8) is 0 Å². The van der Waals surface area contributed by atoms with Crippen LogP contribution in [0.3, 0.4) is 0 Å². The lowest BCUT2D eigenvalue weighted by Gasteiger charge is -2.40. The van der Waals surface area contributed by atoms with E-state index >= 15 is 0 Å². The van der Waals surface area contributed by atoms with Gasteiger partial charge in [-0.05, 0) is 72.1 Å². The van der Waals surface area contributed by atoms with Crippen molar-refractivity contribution in [2.24, 2.45) is 5.92 Å². The van der Waals surface area contributed by atoms with Gasteiger partial charge in [-0.25, -0.2) is 8.42 Å². The Kier molecular flexibility index (Phi) is 8.56. The summed E-state index contributed by atoms with van der Waals surface area (Å²) in [5, 5.41) is 3.94. The van der Waals surface area contributed by atoms with Crippen LogP contribution in [0.4, 0.5) is 0 Å². The van der Waals surface area contributed by atoms with Gasteiger partial charge in [0.15, 0.2) is 10.7 Å². The molecule has 37 heavy (non-hydrogen) atoms. The topological polar surface area (TPSA) is 87.0 Å². The molecule has 2 aliphatic heterocycles. The standard InChI is InChI=1S/C28H40N4O4S/c1-20(2)30(5)25-14-16-31(17-15-25)28(33)24-12-18-32(19-13-24)37(34,35)27-22(4)29-36-26(27)11-10-23-8-6-21(3)7-9-23/h6-11,20,24-25H,12-19H2,1-5H3. The van der Waals surface area contributed by atoms with Gasteiger partial charge in [0.2, 0.25) is 15.9 Å². The average molecular weight is 529 g/mol. The molecule has 0 spiro atoms. The molecule has 0 saturated carbocycles. The molecule has 9 heteroatoms. The first-order valence-corrected chi connectivity index (χ1v) is 14.7. The Labute approximate surface area is 221 Å². The number of sulfonamides is 1. The normalized spacial score (nSPS) is 18.9. The molecule has 0 bridgehead atoms. The highest BCUT2D eigenvalue weighted by molar-refractivity contribution is 7.89. The minimum absolute atomic E-state index is 0.108.